The monoisotopic (exact) mass is 335 g/mol. The topological polar surface area (TPSA) is 50.9 Å². The van der Waals surface area contributed by atoms with Crippen LogP contribution < -0.4 is 11.1 Å². The molecule has 0 bridgehead atoms. The van der Waals surface area contributed by atoms with Crippen LogP contribution in [0.3, 0.4) is 0 Å². The molecule has 0 aliphatic carbocycles. The number of hydrogen-bond acceptors (Lipinski definition) is 3. The maximum Gasteiger partial charge on any atom is 0.104 e. The molecule has 0 aliphatic rings. The third-order valence-electron chi connectivity index (χ3n) is 2.71. The third kappa shape index (κ3) is 4.01. The fourth-order valence-corrected chi connectivity index (χ4v) is 2.35. The van der Waals surface area contributed by atoms with E-state index in [-0.39, 0.29) is 0 Å². The molecule has 0 saturated heterocycles. The van der Waals surface area contributed by atoms with Crippen LogP contribution >= 0.6 is 28.1 Å². The first kappa shape index (κ1) is 14.0. The molecular weight excluding hydrogens is 322 g/mol. The van der Waals surface area contributed by atoms with Crippen LogP contribution in [0.5, 0.6) is 0 Å². The molecule has 0 atom stereocenters. The summed E-state index contributed by atoms with van der Waals surface area (Å²) in [5.41, 5.74) is 8.70. The van der Waals surface area contributed by atoms with Gasteiger partial charge in [-0.15, -0.1) is 0 Å². The Labute approximate surface area is 126 Å². The van der Waals surface area contributed by atoms with Crippen LogP contribution in [0.1, 0.15) is 11.1 Å². The van der Waals surface area contributed by atoms with Crippen molar-refractivity contribution < 1.29 is 0 Å². The molecule has 5 heteroatoms. The van der Waals surface area contributed by atoms with Gasteiger partial charge in [-0.05, 0) is 52.2 Å². The van der Waals surface area contributed by atoms with E-state index in [1.54, 1.807) is 6.20 Å². The number of hydrogen-bond donors (Lipinski definition) is 2. The lowest BCUT2D eigenvalue weighted by Gasteiger charge is -2.09. The van der Waals surface area contributed by atoms with E-state index in [1.807, 2.05) is 30.5 Å². The van der Waals surface area contributed by atoms with Gasteiger partial charge in [0.15, 0.2) is 0 Å². The highest BCUT2D eigenvalue weighted by Gasteiger charge is 2.03. The van der Waals surface area contributed by atoms with Crippen LogP contribution in [-0.2, 0) is 6.42 Å². The van der Waals surface area contributed by atoms with Gasteiger partial charge >= 0.3 is 0 Å². The average Bonchev–Trinajstić information content (AvgIpc) is 2.41. The predicted octanol–water partition coefficient (Wildman–Crippen LogP) is 3.13. The number of thiocarbonyl (C=S) groups is 1. The second-order valence-corrected chi connectivity index (χ2v) is 5.39. The molecule has 1 aromatic carbocycles. The molecule has 0 aliphatic heterocycles. The predicted molar refractivity (Wildman–Crippen MR) is 86.5 cm³/mol. The van der Waals surface area contributed by atoms with Gasteiger partial charge in [0.2, 0.25) is 0 Å². The molecule has 0 amide bonds. The lowest BCUT2D eigenvalue weighted by Crippen LogP contribution is -2.10. The molecule has 0 fully saturated rings. The van der Waals surface area contributed by atoms with Crippen molar-refractivity contribution in [3.63, 3.8) is 0 Å². The number of aromatic nitrogens is 1. The van der Waals surface area contributed by atoms with E-state index in [9.17, 15) is 0 Å². The van der Waals surface area contributed by atoms with Crippen LogP contribution in [0.2, 0.25) is 0 Å². The molecule has 98 valence electrons. The maximum atomic E-state index is 5.59. The highest BCUT2D eigenvalue weighted by molar-refractivity contribution is 9.10. The summed E-state index contributed by atoms with van der Waals surface area (Å²) in [4.78, 5) is 4.50. The summed E-state index contributed by atoms with van der Waals surface area (Å²) in [6.07, 6.45) is 4.59. The lowest BCUT2D eigenvalue weighted by molar-refractivity contribution is 1.00. The minimum atomic E-state index is 0.405. The van der Waals surface area contributed by atoms with E-state index >= 15 is 0 Å². The molecule has 3 N–H and O–H groups in total. The van der Waals surface area contributed by atoms with Gasteiger partial charge in [-0.3, -0.25) is 4.98 Å². The van der Waals surface area contributed by atoms with Crippen molar-refractivity contribution >= 4 is 38.8 Å². The number of pyridine rings is 1. The van der Waals surface area contributed by atoms with Gasteiger partial charge in [-0.1, -0.05) is 18.3 Å². The van der Waals surface area contributed by atoms with E-state index in [4.69, 9.17) is 18.0 Å². The third-order valence-corrected chi connectivity index (χ3v) is 3.60. The van der Waals surface area contributed by atoms with E-state index in [0.29, 0.717) is 4.99 Å². The van der Waals surface area contributed by atoms with Crippen LogP contribution in [0.25, 0.3) is 0 Å². The number of benzene rings is 1. The standard InChI is InChI=1S/C14H14BrN3S/c15-12-8-11(14(16)19)3-4-13(12)18-7-5-10-2-1-6-17-9-10/h1-4,6,8-9,18H,5,7H2,(H2,16,19). The summed E-state index contributed by atoms with van der Waals surface area (Å²) in [6, 6.07) is 9.83. The summed E-state index contributed by atoms with van der Waals surface area (Å²) >= 11 is 8.46. The first-order chi connectivity index (χ1) is 9.16. The lowest BCUT2D eigenvalue weighted by atomic mass is 10.2. The molecule has 0 radical (unpaired) electrons. The van der Waals surface area contributed by atoms with Crippen molar-refractivity contribution in [1.82, 2.24) is 4.98 Å². The van der Waals surface area contributed by atoms with Crippen molar-refractivity contribution in [2.75, 3.05) is 11.9 Å². The van der Waals surface area contributed by atoms with E-state index in [1.165, 1.54) is 5.56 Å². The normalized spacial score (nSPS) is 10.2. The average molecular weight is 336 g/mol. The Hall–Kier alpha value is -1.46. The smallest absolute Gasteiger partial charge is 0.104 e. The van der Waals surface area contributed by atoms with Crippen molar-refractivity contribution in [2.45, 2.75) is 6.42 Å². The first-order valence-electron chi connectivity index (χ1n) is 5.89. The van der Waals surface area contributed by atoms with Gasteiger partial charge in [0.1, 0.15) is 4.99 Å². The Morgan fingerprint density at radius 2 is 2.21 bits per heavy atom. The Balaban J connectivity index is 1.95. The fraction of sp³-hybridized carbons (Fsp3) is 0.143. The van der Waals surface area contributed by atoms with E-state index in [0.717, 1.165) is 28.7 Å². The Kier molecular flexibility index (Phi) is 4.87. The molecule has 19 heavy (non-hydrogen) atoms. The first-order valence-corrected chi connectivity index (χ1v) is 7.09. The molecule has 0 saturated carbocycles. The van der Waals surface area contributed by atoms with Gasteiger partial charge in [0.05, 0.1) is 0 Å². The van der Waals surface area contributed by atoms with Crippen molar-refractivity contribution in [3.05, 3.63) is 58.3 Å². The Morgan fingerprint density at radius 1 is 1.37 bits per heavy atom. The second-order valence-electron chi connectivity index (χ2n) is 4.10. The number of nitrogens with zero attached hydrogens (tertiary/aromatic N) is 1. The van der Waals surface area contributed by atoms with Crippen LogP contribution in [-0.4, -0.2) is 16.5 Å². The highest BCUT2D eigenvalue weighted by atomic mass is 79.9. The fourth-order valence-electron chi connectivity index (χ4n) is 1.70. The van der Waals surface area contributed by atoms with Gasteiger partial charge in [0, 0.05) is 34.7 Å². The SMILES string of the molecule is NC(=S)c1ccc(NCCc2cccnc2)c(Br)c1. The van der Waals surface area contributed by atoms with Gasteiger partial charge in [-0.25, -0.2) is 0 Å². The van der Waals surface area contributed by atoms with E-state index < -0.39 is 0 Å². The number of nitrogens with one attached hydrogen (secondary N) is 1. The van der Waals surface area contributed by atoms with Gasteiger partial charge < -0.3 is 11.1 Å². The summed E-state index contributed by atoms with van der Waals surface area (Å²) in [5.74, 6) is 0. The van der Waals surface area contributed by atoms with E-state index in [2.05, 4.69) is 32.3 Å². The zero-order valence-corrected chi connectivity index (χ0v) is 12.7. The quantitative estimate of drug-likeness (QED) is 0.824. The van der Waals surface area contributed by atoms with Crippen molar-refractivity contribution in [3.8, 4) is 0 Å². The van der Waals surface area contributed by atoms with Crippen LogP contribution in [0.4, 0.5) is 5.69 Å². The van der Waals surface area contributed by atoms with Gasteiger partial charge in [-0.2, -0.15) is 0 Å². The van der Waals surface area contributed by atoms with Crippen molar-refractivity contribution in [2.24, 2.45) is 5.73 Å². The molecule has 2 rings (SSSR count). The molecule has 0 unspecified atom stereocenters. The maximum absolute atomic E-state index is 5.59. The molecule has 1 aromatic heterocycles. The summed E-state index contributed by atoms with van der Waals surface area (Å²) in [6.45, 7) is 0.844. The molecular formula is C14H14BrN3S. The van der Waals surface area contributed by atoms with Crippen LogP contribution in [0.15, 0.2) is 47.2 Å². The van der Waals surface area contributed by atoms with Crippen LogP contribution in [0, 0.1) is 0 Å². The number of rotatable bonds is 5. The van der Waals surface area contributed by atoms with Gasteiger partial charge in [0.25, 0.3) is 0 Å². The minimum Gasteiger partial charge on any atom is -0.389 e. The largest absolute Gasteiger partial charge is 0.389 e. The summed E-state index contributed by atoms with van der Waals surface area (Å²) < 4.78 is 0.962. The number of anilines is 1. The molecule has 1 heterocycles. The number of halogens is 1. The summed E-state index contributed by atoms with van der Waals surface area (Å²) in [5, 5.41) is 3.37. The zero-order valence-electron chi connectivity index (χ0n) is 10.3. The Bertz CT molecular complexity index is 572. The number of nitrogens with two attached hydrogens (primary N) is 1. The second kappa shape index (κ2) is 6.63. The molecule has 2 aromatic rings. The molecule has 3 nitrogen and oxygen atoms in total. The zero-order chi connectivity index (χ0) is 13.7. The molecule has 0 spiro atoms. The van der Waals surface area contributed by atoms with Crippen molar-refractivity contribution in [1.29, 1.82) is 0 Å². The minimum absolute atomic E-state index is 0.405. The Morgan fingerprint density at radius 3 is 2.84 bits per heavy atom. The summed E-state index contributed by atoms with van der Waals surface area (Å²) in [7, 11) is 0. The highest BCUT2D eigenvalue weighted by Crippen LogP contribution is 2.23.